The second-order valence-electron chi connectivity index (χ2n) is 12.5. The first kappa shape index (κ1) is 59.2. The minimum Gasteiger partial charge on any atom is -0.550 e. The van der Waals surface area contributed by atoms with E-state index in [0.717, 1.165) is 20.0 Å². The van der Waals surface area contributed by atoms with Gasteiger partial charge < -0.3 is 59.2 Å². The summed E-state index contributed by atoms with van der Waals surface area (Å²) < 4.78 is 82.0. The van der Waals surface area contributed by atoms with E-state index >= 15 is 0 Å². The Morgan fingerprint density at radius 2 is 1.33 bits per heavy atom. The van der Waals surface area contributed by atoms with Gasteiger partial charge in [-0.15, -0.1) is 0 Å². The van der Waals surface area contributed by atoms with Crippen LogP contribution in [-0.2, 0) is 44.0 Å². The Kier molecular flexibility index (Phi) is 25.6. The number of aliphatic hydroxyl groups is 4. The quantitative estimate of drug-likeness (QED) is 0.0203. The van der Waals surface area contributed by atoms with Crippen LogP contribution in [0.4, 0.5) is 0 Å². The maximum absolute atomic E-state index is 12.7. The molecule has 1 aliphatic rings. The van der Waals surface area contributed by atoms with Crippen molar-refractivity contribution in [2.45, 2.75) is 61.9 Å². The molecule has 0 radical (unpaired) electrons. The molecule has 0 aromatic heterocycles. The van der Waals surface area contributed by atoms with Gasteiger partial charge in [-0.25, -0.2) is 0 Å². The van der Waals surface area contributed by atoms with Gasteiger partial charge in [-0.1, -0.05) is 57.0 Å². The number of hydrogen-bond acceptors (Lipinski definition) is 17. The van der Waals surface area contributed by atoms with Crippen molar-refractivity contribution in [1.82, 2.24) is 0 Å². The Morgan fingerprint density at radius 3 is 1.70 bits per heavy atom. The van der Waals surface area contributed by atoms with Gasteiger partial charge in [-0.3, -0.25) is 13.9 Å². The average molecular weight is 907 g/mol. The third-order valence-electron chi connectivity index (χ3n) is 8.78. The number of hydrogen-bond donors (Lipinski definition) is 6. The van der Waals surface area contributed by atoms with Crippen LogP contribution in [0, 0.1) is 5.41 Å². The molecule has 0 heterocycles. The smallest absolute Gasteiger partial charge is 0.550 e. The topological polar surface area (TPSA) is 324 Å². The van der Waals surface area contributed by atoms with Crippen molar-refractivity contribution in [3.8, 4) is 5.75 Å². The molecule has 23 heteroatoms. The van der Waals surface area contributed by atoms with Crippen LogP contribution in [0.2, 0.25) is 0 Å². The number of Topliss-reactive ketones (excluding diaryl/α,β-unsaturated/α-hetero) is 1. The van der Waals surface area contributed by atoms with E-state index in [-0.39, 0.29) is 94.8 Å². The summed E-state index contributed by atoms with van der Waals surface area (Å²) in [5.41, 5.74) is -1.72. The molecule has 1 aliphatic carbocycles. The molecule has 19 nitrogen and oxygen atoms in total. The molecular weight excluding hydrogens is 859 g/mol. The molecule has 0 bridgehead atoms. The number of ketones is 1. The van der Waals surface area contributed by atoms with Crippen molar-refractivity contribution in [2.24, 2.45) is 5.41 Å². The molecule has 0 fully saturated rings. The monoisotopic (exact) mass is 906 g/mol. The Balaban J connectivity index is 0. The molecule has 2 aromatic rings. The summed E-state index contributed by atoms with van der Waals surface area (Å²) in [6.45, 7) is 3.36. The summed E-state index contributed by atoms with van der Waals surface area (Å²) in [6.07, 6.45) is 1.91. The number of ether oxygens (including phenoxy) is 4. The molecular formula is C37H48Na2O19S2. The number of benzene rings is 2. The summed E-state index contributed by atoms with van der Waals surface area (Å²) in [4.78, 5) is 34.5. The SMILES string of the molecule is CCCCC(CC)(CC(O)CO)C(=O)[O-].COC(C(=O)[O-])=C(OC)c1ccccc1.COC1=CC(O)(O)C(C(=O)c2ccc(OC)cc2)=CC1(S(=O)(=O)O)S(=O)(=O)O.[Na+].[Na+]. The van der Waals surface area contributed by atoms with E-state index in [1.807, 2.05) is 13.0 Å². The molecule has 0 saturated carbocycles. The van der Waals surface area contributed by atoms with Crippen LogP contribution in [0.15, 0.2) is 83.8 Å². The summed E-state index contributed by atoms with van der Waals surface area (Å²) in [7, 11) is -6.68. The van der Waals surface area contributed by atoms with Crippen molar-refractivity contribution in [3.63, 3.8) is 0 Å². The van der Waals surface area contributed by atoms with E-state index in [4.69, 9.17) is 19.3 Å². The van der Waals surface area contributed by atoms with E-state index in [2.05, 4.69) is 4.74 Å². The number of aliphatic hydroxyl groups excluding tert-OH is 2. The number of carbonyl (C=O) groups is 3. The predicted octanol–water partition coefficient (Wildman–Crippen LogP) is -6.03. The fourth-order valence-corrected chi connectivity index (χ4v) is 7.97. The molecule has 2 unspecified atom stereocenters. The van der Waals surface area contributed by atoms with E-state index in [1.54, 1.807) is 31.2 Å². The number of carboxylic acid groups (broad SMARTS) is 2. The average Bonchev–Trinajstić information content (AvgIpc) is 3.17. The molecule has 6 N–H and O–H groups in total. The standard InChI is InChI=1S/C15H16O11S2.C11H12O4.C11H22O4.2Na/c1-25-10-5-3-9(4-6-10)13(16)11-7-15(27(19,20)21,28(22,23)24)12(26-2)8-14(11,17)18;1-14-9(10(15-2)11(12)13)8-6-4-3-5-7-8;1-3-5-6-11(4-2,10(14)15)7-9(13)8-12;;/h3-8,17-18H,1-2H3,(H,19,20,21)(H,22,23,24);3-7H,1-2H3,(H,12,13);9,12-13H,3-8H2,1-2H3,(H,14,15);;/q;;;2*+1/p-2. The van der Waals surface area contributed by atoms with Gasteiger partial charge in [0, 0.05) is 28.6 Å². The Labute approximate surface area is 392 Å². The Morgan fingerprint density at radius 1 is 0.800 bits per heavy atom. The summed E-state index contributed by atoms with van der Waals surface area (Å²) in [6, 6.07) is 13.9. The van der Waals surface area contributed by atoms with Gasteiger partial charge in [-0.05, 0) is 49.6 Å². The summed E-state index contributed by atoms with van der Waals surface area (Å²) >= 11 is 0. The minimum atomic E-state index is -5.72. The normalized spacial score (nSPS) is 15.9. The molecule has 2 aromatic carbocycles. The van der Waals surface area contributed by atoms with Crippen molar-refractivity contribution in [1.29, 1.82) is 0 Å². The van der Waals surface area contributed by atoms with E-state index < -0.39 is 77.3 Å². The van der Waals surface area contributed by atoms with Gasteiger partial charge in [0.15, 0.2) is 17.3 Å². The number of rotatable bonds is 18. The fraction of sp³-hybridized carbons (Fsp3) is 0.432. The van der Waals surface area contributed by atoms with E-state index in [0.29, 0.717) is 24.2 Å². The van der Waals surface area contributed by atoms with E-state index in [1.165, 1.54) is 45.6 Å². The zero-order valence-corrected chi connectivity index (χ0v) is 40.1. The second kappa shape index (κ2) is 25.9. The van der Waals surface area contributed by atoms with Gasteiger partial charge in [-0.2, -0.15) is 16.8 Å². The zero-order chi connectivity index (χ0) is 44.7. The maximum atomic E-state index is 12.7. The van der Waals surface area contributed by atoms with E-state index in [9.17, 15) is 65.9 Å². The Hall–Kier alpha value is -2.87. The molecule has 3 rings (SSSR count). The third kappa shape index (κ3) is 14.9. The first-order valence-electron chi connectivity index (χ1n) is 17.1. The maximum Gasteiger partial charge on any atom is 1.00 e. The van der Waals surface area contributed by atoms with Crippen LogP contribution in [0.25, 0.3) is 5.76 Å². The van der Waals surface area contributed by atoms with Crippen molar-refractivity contribution >= 4 is 43.7 Å². The zero-order valence-electron chi connectivity index (χ0n) is 34.5. The number of carboxylic acids is 2. The Bertz CT molecular complexity index is 2000. The number of methoxy groups -OCH3 is 4. The second-order valence-corrected chi connectivity index (χ2v) is 15.9. The van der Waals surface area contributed by atoms with Crippen LogP contribution in [0.5, 0.6) is 5.75 Å². The molecule has 0 saturated heterocycles. The van der Waals surface area contributed by atoms with Gasteiger partial charge >= 0.3 is 59.1 Å². The first-order chi connectivity index (χ1) is 26.9. The molecule has 324 valence electrons. The predicted molar refractivity (Wildman–Crippen MR) is 201 cm³/mol. The number of carbonyl (C=O) groups excluding carboxylic acids is 3. The largest absolute Gasteiger partial charge is 1.00 e. The van der Waals surface area contributed by atoms with Crippen LogP contribution < -0.4 is 74.1 Å². The summed E-state index contributed by atoms with van der Waals surface area (Å²) in [5.74, 6) is -7.96. The minimum absolute atomic E-state index is 0. The van der Waals surface area contributed by atoms with Gasteiger partial charge in [0.1, 0.15) is 17.5 Å². The van der Waals surface area contributed by atoms with Crippen LogP contribution in [0.3, 0.4) is 0 Å². The molecule has 0 spiro atoms. The van der Waals surface area contributed by atoms with Crippen molar-refractivity contribution < 1.29 is 149 Å². The van der Waals surface area contributed by atoms with Crippen LogP contribution in [0.1, 0.15) is 61.9 Å². The number of unbranched alkanes of at least 4 members (excludes halogenated alkanes) is 1. The molecule has 0 aliphatic heterocycles. The molecule has 60 heavy (non-hydrogen) atoms. The summed E-state index contributed by atoms with van der Waals surface area (Å²) in [5, 5.41) is 60.2. The first-order valence-corrected chi connectivity index (χ1v) is 20.0. The van der Waals surface area contributed by atoms with Crippen LogP contribution in [-0.4, -0.2) is 115 Å². The van der Waals surface area contributed by atoms with Crippen LogP contribution >= 0.6 is 0 Å². The van der Waals surface area contributed by atoms with Crippen molar-refractivity contribution in [3.05, 3.63) is 95.0 Å². The van der Waals surface area contributed by atoms with Crippen molar-refractivity contribution in [2.75, 3.05) is 35.0 Å². The van der Waals surface area contributed by atoms with Gasteiger partial charge in [0.05, 0.1) is 46.7 Å². The number of aliphatic carboxylic acids is 2. The third-order valence-corrected chi connectivity index (χ3v) is 12.2. The fourth-order valence-electron chi connectivity index (χ4n) is 5.58. The molecule has 0 amide bonds. The van der Waals surface area contributed by atoms with Gasteiger partial charge in [0.2, 0.25) is 5.79 Å². The molecule has 2 atom stereocenters. The van der Waals surface area contributed by atoms with Gasteiger partial charge in [0.25, 0.3) is 24.3 Å².